The van der Waals surface area contributed by atoms with Crippen LogP contribution in [0.15, 0.2) is 97.3 Å². The van der Waals surface area contributed by atoms with E-state index in [0.29, 0.717) is 0 Å². The molecular formula is C28H16N2. The Morgan fingerprint density at radius 1 is 0.433 bits per heavy atom. The fraction of sp³-hybridized carbons (Fsp3) is 0. The average Bonchev–Trinajstić information content (AvgIpc) is 2.82. The third-order valence-electron chi connectivity index (χ3n) is 4.83. The number of rotatable bonds is 0. The first-order valence-electron chi connectivity index (χ1n) is 9.68. The molecule has 2 nitrogen and oxygen atoms in total. The number of para-hydroxylation sites is 2. The summed E-state index contributed by atoms with van der Waals surface area (Å²) in [5, 5.41) is 2.19. The van der Waals surface area contributed by atoms with E-state index in [-0.39, 0.29) is 0 Å². The van der Waals surface area contributed by atoms with Crippen LogP contribution in [-0.2, 0) is 0 Å². The molecule has 0 radical (unpaired) electrons. The number of hydrogen-bond acceptors (Lipinski definition) is 2. The smallest absolute Gasteiger partial charge is 0.0858 e. The molecule has 0 unspecified atom stereocenters. The second kappa shape index (κ2) is 7.92. The Labute approximate surface area is 175 Å². The van der Waals surface area contributed by atoms with Crippen LogP contribution < -0.4 is 0 Å². The van der Waals surface area contributed by atoms with Gasteiger partial charge in [-0.1, -0.05) is 60.1 Å². The van der Waals surface area contributed by atoms with Crippen LogP contribution in [0.3, 0.4) is 0 Å². The molecule has 2 heterocycles. The highest BCUT2D eigenvalue weighted by molar-refractivity contribution is 5.85. The van der Waals surface area contributed by atoms with Crippen LogP contribution in [0.4, 0.5) is 0 Å². The molecule has 3 aromatic carbocycles. The Morgan fingerprint density at radius 3 is 1.33 bits per heavy atom. The zero-order chi connectivity index (χ0) is 20.2. The summed E-state index contributed by atoms with van der Waals surface area (Å²) in [7, 11) is 0. The lowest BCUT2D eigenvalue weighted by Crippen LogP contribution is -1.84. The quantitative estimate of drug-likeness (QED) is 0.328. The molecule has 0 saturated heterocycles. The molecule has 0 fully saturated rings. The summed E-state index contributed by atoms with van der Waals surface area (Å²) >= 11 is 0. The maximum atomic E-state index is 4.46. The van der Waals surface area contributed by atoms with Gasteiger partial charge in [-0.3, -0.25) is 9.97 Å². The van der Waals surface area contributed by atoms with Gasteiger partial charge in [-0.25, -0.2) is 0 Å². The van der Waals surface area contributed by atoms with Gasteiger partial charge in [0.05, 0.1) is 22.2 Å². The van der Waals surface area contributed by atoms with E-state index >= 15 is 0 Å². The Kier molecular flexibility index (Phi) is 4.67. The summed E-state index contributed by atoms with van der Waals surface area (Å²) < 4.78 is 0. The van der Waals surface area contributed by atoms with E-state index in [0.717, 1.165) is 44.1 Å². The SMILES string of the molecule is C(#Cc1cccc2cccnc12)c1ccc(C#Cc2cccc3cccnc23)cc1. The van der Waals surface area contributed by atoms with E-state index in [4.69, 9.17) is 0 Å². The first kappa shape index (κ1) is 17.7. The van der Waals surface area contributed by atoms with Crippen molar-refractivity contribution in [3.8, 4) is 23.7 Å². The maximum absolute atomic E-state index is 4.46. The molecule has 0 saturated carbocycles. The van der Waals surface area contributed by atoms with Gasteiger partial charge in [0.15, 0.2) is 0 Å². The second-order valence-electron chi connectivity index (χ2n) is 6.84. The maximum Gasteiger partial charge on any atom is 0.0858 e. The predicted molar refractivity (Wildman–Crippen MR) is 122 cm³/mol. The summed E-state index contributed by atoms with van der Waals surface area (Å²) in [5.74, 6) is 12.9. The average molecular weight is 380 g/mol. The Hall–Kier alpha value is -4.40. The second-order valence-corrected chi connectivity index (χ2v) is 6.84. The lowest BCUT2D eigenvalue weighted by Gasteiger charge is -1.99. The molecule has 5 rings (SSSR count). The number of benzene rings is 3. The largest absolute Gasteiger partial charge is 0.255 e. The summed E-state index contributed by atoms with van der Waals surface area (Å²) in [4.78, 5) is 8.91. The van der Waals surface area contributed by atoms with Crippen LogP contribution >= 0.6 is 0 Å². The molecule has 0 amide bonds. The van der Waals surface area contributed by atoms with Crippen LogP contribution in [0.2, 0.25) is 0 Å². The molecule has 0 atom stereocenters. The molecule has 30 heavy (non-hydrogen) atoms. The van der Waals surface area contributed by atoms with Crippen LogP contribution in [0.25, 0.3) is 21.8 Å². The highest BCUT2D eigenvalue weighted by Gasteiger charge is 1.99. The fourth-order valence-electron chi connectivity index (χ4n) is 3.33. The van der Waals surface area contributed by atoms with Crippen LogP contribution in [0.1, 0.15) is 22.3 Å². The van der Waals surface area contributed by atoms with Gasteiger partial charge in [-0.2, -0.15) is 0 Å². The van der Waals surface area contributed by atoms with Gasteiger partial charge < -0.3 is 0 Å². The Bertz CT molecular complexity index is 1360. The molecule has 0 aliphatic heterocycles. The summed E-state index contributed by atoms with van der Waals surface area (Å²) in [6, 6.07) is 28.1. The van der Waals surface area contributed by atoms with E-state index < -0.39 is 0 Å². The Balaban J connectivity index is 1.41. The minimum atomic E-state index is 0.929. The van der Waals surface area contributed by atoms with Gasteiger partial charge in [0.1, 0.15) is 0 Å². The fourth-order valence-corrected chi connectivity index (χ4v) is 3.33. The van der Waals surface area contributed by atoms with Gasteiger partial charge in [0.2, 0.25) is 0 Å². The van der Waals surface area contributed by atoms with Gasteiger partial charge in [0.25, 0.3) is 0 Å². The standard InChI is InChI=1S/C28H16N2/c1-5-23-9-3-19-29-27(23)25(7-1)17-15-21-11-13-22(14-12-21)16-18-26-8-2-6-24-10-4-20-30-28(24)26/h1-14,19-20H. The van der Waals surface area contributed by atoms with Crippen molar-refractivity contribution in [2.24, 2.45) is 0 Å². The lowest BCUT2D eigenvalue weighted by atomic mass is 10.1. The zero-order valence-corrected chi connectivity index (χ0v) is 16.1. The molecule has 0 bridgehead atoms. The molecule has 0 N–H and O–H groups in total. The van der Waals surface area contributed by atoms with E-state index in [2.05, 4.69) is 33.6 Å². The van der Waals surface area contributed by atoms with Crippen LogP contribution in [-0.4, -0.2) is 9.97 Å². The number of fused-ring (bicyclic) bond motifs is 2. The van der Waals surface area contributed by atoms with Crippen LogP contribution in [0, 0.1) is 23.7 Å². The summed E-state index contributed by atoms with van der Waals surface area (Å²) in [6.45, 7) is 0. The third kappa shape index (κ3) is 3.63. The number of nitrogens with zero attached hydrogens (tertiary/aromatic N) is 2. The summed E-state index contributed by atoms with van der Waals surface area (Å²) in [5.41, 5.74) is 5.61. The highest BCUT2D eigenvalue weighted by atomic mass is 14.7. The minimum Gasteiger partial charge on any atom is -0.255 e. The van der Waals surface area contributed by atoms with E-state index in [9.17, 15) is 0 Å². The van der Waals surface area contributed by atoms with Crippen molar-refractivity contribution in [2.45, 2.75) is 0 Å². The summed E-state index contributed by atoms with van der Waals surface area (Å²) in [6.07, 6.45) is 3.60. The molecule has 0 aliphatic carbocycles. The van der Waals surface area contributed by atoms with E-state index in [1.807, 2.05) is 84.9 Å². The topological polar surface area (TPSA) is 25.8 Å². The van der Waals surface area contributed by atoms with Crippen LogP contribution in [0.5, 0.6) is 0 Å². The van der Waals surface area contributed by atoms with Gasteiger partial charge >= 0.3 is 0 Å². The van der Waals surface area contributed by atoms with Gasteiger partial charge in [-0.05, 0) is 48.5 Å². The van der Waals surface area contributed by atoms with Crippen molar-refractivity contribution in [3.05, 3.63) is 120 Å². The first-order chi connectivity index (χ1) is 14.9. The third-order valence-corrected chi connectivity index (χ3v) is 4.83. The highest BCUT2D eigenvalue weighted by Crippen LogP contribution is 2.16. The molecule has 0 spiro atoms. The number of aromatic nitrogens is 2. The molecule has 138 valence electrons. The first-order valence-corrected chi connectivity index (χ1v) is 9.68. The van der Waals surface area contributed by atoms with Crippen molar-refractivity contribution in [1.82, 2.24) is 9.97 Å². The van der Waals surface area contributed by atoms with Crippen molar-refractivity contribution in [2.75, 3.05) is 0 Å². The van der Waals surface area contributed by atoms with Crippen molar-refractivity contribution >= 4 is 21.8 Å². The zero-order valence-electron chi connectivity index (χ0n) is 16.1. The molecule has 5 aromatic rings. The molecule has 0 aliphatic rings. The van der Waals surface area contributed by atoms with Crippen molar-refractivity contribution in [1.29, 1.82) is 0 Å². The van der Waals surface area contributed by atoms with Gasteiger partial charge in [0, 0.05) is 34.3 Å². The van der Waals surface area contributed by atoms with E-state index in [1.165, 1.54) is 0 Å². The molecule has 2 heteroatoms. The minimum absolute atomic E-state index is 0.929. The van der Waals surface area contributed by atoms with Crippen molar-refractivity contribution < 1.29 is 0 Å². The molecular weight excluding hydrogens is 364 g/mol. The van der Waals surface area contributed by atoms with Gasteiger partial charge in [-0.15, -0.1) is 0 Å². The number of pyridine rings is 2. The predicted octanol–water partition coefficient (Wildman–Crippen LogP) is 5.58. The lowest BCUT2D eigenvalue weighted by molar-refractivity contribution is 1.40. The normalized spacial score (nSPS) is 10.1. The van der Waals surface area contributed by atoms with Crippen molar-refractivity contribution in [3.63, 3.8) is 0 Å². The Morgan fingerprint density at radius 2 is 0.867 bits per heavy atom. The number of hydrogen-bond donors (Lipinski definition) is 0. The molecule has 2 aromatic heterocycles. The monoisotopic (exact) mass is 380 g/mol. The van der Waals surface area contributed by atoms with E-state index in [1.54, 1.807) is 12.4 Å².